The van der Waals surface area contributed by atoms with E-state index in [0.717, 1.165) is 6.42 Å². The molecule has 0 rings (SSSR count). The van der Waals surface area contributed by atoms with Crippen LogP contribution in [0.3, 0.4) is 0 Å². The molecule has 0 bridgehead atoms. The van der Waals surface area contributed by atoms with E-state index in [0.29, 0.717) is 0 Å². The number of hydrogen-bond donors (Lipinski definition) is 2. The molecule has 76 valence electrons. The van der Waals surface area contributed by atoms with E-state index < -0.39 is 17.9 Å². The zero-order valence-electron chi connectivity index (χ0n) is 8.20. The van der Waals surface area contributed by atoms with Gasteiger partial charge in [-0.25, -0.2) is 0 Å². The normalized spacial score (nSPS) is 11.7. The Morgan fingerprint density at radius 2 is 1.62 bits per heavy atom. The average molecular weight is 188 g/mol. The Labute approximate surface area is 77.6 Å². The topological polar surface area (TPSA) is 74.6 Å². The molecule has 13 heavy (non-hydrogen) atoms. The summed E-state index contributed by atoms with van der Waals surface area (Å²) in [6.07, 6.45) is 0.943. The molecule has 0 atom stereocenters. The maximum absolute atomic E-state index is 10.6. The van der Waals surface area contributed by atoms with E-state index in [9.17, 15) is 9.59 Å². The van der Waals surface area contributed by atoms with Crippen molar-refractivity contribution in [3.63, 3.8) is 0 Å². The van der Waals surface area contributed by atoms with Gasteiger partial charge in [-0.2, -0.15) is 0 Å². The summed E-state index contributed by atoms with van der Waals surface area (Å²) < 4.78 is 0. The molecular weight excluding hydrogens is 172 g/mol. The third kappa shape index (κ3) is 3.92. The Morgan fingerprint density at radius 1 is 1.23 bits per heavy atom. The maximum Gasteiger partial charge on any atom is 0.317 e. The van der Waals surface area contributed by atoms with Crippen LogP contribution >= 0.6 is 0 Å². The summed E-state index contributed by atoms with van der Waals surface area (Å²) in [4.78, 5) is 21.1. The molecule has 0 aliphatic carbocycles. The van der Waals surface area contributed by atoms with Crippen molar-refractivity contribution < 1.29 is 19.8 Å². The molecule has 0 radical (unpaired) electrons. The zero-order chi connectivity index (χ0) is 10.6. The summed E-state index contributed by atoms with van der Waals surface area (Å²) >= 11 is 0. The van der Waals surface area contributed by atoms with E-state index >= 15 is 0 Å². The van der Waals surface area contributed by atoms with Gasteiger partial charge in [0.05, 0.1) is 0 Å². The summed E-state index contributed by atoms with van der Waals surface area (Å²) in [5, 5.41) is 17.2. The number of aliphatic carboxylic acids is 2. The Kier molecular flexibility index (Phi) is 3.91. The Morgan fingerprint density at radius 3 is 1.85 bits per heavy atom. The first-order valence-electron chi connectivity index (χ1n) is 4.26. The van der Waals surface area contributed by atoms with Crippen LogP contribution in [0.4, 0.5) is 0 Å². The monoisotopic (exact) mass is 188 g/mol. The number of carboxylic acids is 2. The standard InChI is InChI=1S/C9H16O4/c1-4-9(2,3)5-6(7(10)11)8(12)13/h6H,4-5H2,1-3H3,(H,10,11)(H,12,13). The summed E-state index contributed by atoms with van der Waals surface area (Å²) in [6.45, 7) is 5.65. The van der Waals surface area contributed by atoms with Crippen molar-refractivity contribution in [2.75, 3.05) is 0 Å². The SMILES string of the molecule is CCC(C)(C)CC(C(=O)O)C(=O)O. The molecule has 0 unspecified atom stereocenters. The fraction of sp³-hybridized carbons (Fsp3) is 0.778. The molecule has 4 heteroatoms. The third-order valence-electron chi connectivity index (χ3n) is 2.31. The summed E-state index contributed by atoms with van der Waals surface area (Å²) in [5.74, 6) is -3.79. The molecule has 0 aromatic rings. The second-order valence-corrected chi connectivity index (χ2v) is 3.95. The lowest BCUT2D eigenvalue weighted by Gasteiger charge is -2.24. The van der Waals surface area contributed by atoms with Crippen molar-refractivity contribution >= 4 is 11.9 Å². The average Bonchev–Trinajstić information content (AvgIpc) is 1.99. The van der Waals surface area contributed by atoms with Crippen LogP contribution in [0.5, 0.6) is 0 Å². The highest BCUT2D eigenvalue weighted by Gasteiger charge is 2.31. The number of hydrogen-bond acceptors (Lipinski definition) is 2. The first kappa shape index (κ1) is 11.9. The van der Waals surface area contributed by atoms with E-state index in [4.69, 9.17) is 10.2 Å². The van der Waals surface area contributed by atoms with E-state index in [1.807, 2.05) is 20.8 Å². The van der Waals surface area contributed by atoms with Gasteiger partial charge >= 0.3 is 11.9 Å². The molecule has 4 nitrogen and oxygen atoms in total. The minimum absolute atomic E-state index is 0.175. The minimum atomic E-state index is -1.28. The molecule has 0 aliphatic heterocycles. The Bertz CT molecular complexity index is 194. The van der Waals surface area contributed by atoms with Crippen LogP contribution < -0.4 is 0 Å². The van der Waals surface area contributed by atoms with Crippen LogP contribution in [-0.4, -0.2) is 22.2 Å². The molecule has 2 N–H and O–H groups in total. The van der Waals surface area contributed by atoms with Crippen LogP contribution in [0.1, 0.15) is 33.6 Å². The number of carboxylic acid groups (broad SMARTS) is 2. The largest absolute Gasteiger partial charge is 0.481 e. The van der Waals surface area contributed by atoms with Gasteiger partial charge in [-0.3, -0.25) is 9.59 Å². The highest BCUT2D eigenvalue weighted by molar-refractivity contribution is 5.92. The highest BCUT2D eigenvalue weighted by atomic mass is 16.4. The molecule has 0 spiro atoms. The van der Waals surface area contributed by atoms with Gasteiger partial charge in [-0.15, -0.1) is 0 Å². The Hall–Kier alpha value is -1.06. The van der Waals surface area contributed by atoms with E-state index in [1.165, 1.54) is 0 Å². The van der Waals surface area contributed by atoms with E-state index in [-0.39, 0.29) is 11.8 Å². The summed E-state index contributed by atoms with van der Waals surface area (Å²) in [5.41, 5.74) is -0.235. The Balaban J connectivity index is 4.44. The zero-order valence-corrected chi connectivity index (χ0v) is 8.20. The van der Waals surface area contributed by atoms with Crippen LogP contribution in [0, 0.1) is 11.3 Å². The molecule has 0 aliphatic rings. The summed E-state index contributed by atoms with van der Waals surface area (Å²) in [7, 11) is 0. The van der Waals surface area contributed by atoms with Crippen molar-refractivity contribution in [1.82, 2.24) is 0 Å². The van der Waals surface area contributed by atoms with Crippen molar-refractivity contribution in [2.45, 2.75) is 33.6 Å². The first-order valence-corrected chi connectivity index (χ1v) is 4.26. The van der Waals surface area contributed by atoms with Crippen molar-refractivity contribution in [3.8, 4) is 0 Å². The maximum atomic E-state index is 10.6. The second-order valence-electron chi connectivity index (χ2n) is 3.95. The van der Waals surface area contributed by atoms with Gasteiger partial charge in [-0.05, 0) is 11.8 Å². The minimum Gasteiger partial charge on any atom is -0.481 e. The molecular formula is C9H16O4. The molecule has 0 saturated heterocycles. The van der Waals surface area contributed by atoms with Gasteiger partial charge < -0.3 is 10.2 Å². The lowest BCUT2D eigenvalue weighted by molar-refractivity contribution is -0.156. The van der Waals surface area contributed by atoms with Gasteiger partial charge in [0.2, 0.25) is 0 Å². The summed E-state index contributed by atoms with van der Waals surface area (Å²) in [6, 6.07) is 0. The van der Waals surface area contributed by atoms with Crippen LogP contribution in [0.2, 0.25) is 0 Å². The van der Waals surface area contributed by atoms with Crippen LogP contribution in [0.25, 0.3) is 0 Å². The van der Waals surface area contributed by atoms with Crippen LogP contribution in [0.15, 0.2) is 0 Å². The smallest absolute Gasteiger partial charge is 0.317 e. The van der Waals surface area contributed by atoms with Gasteiger partial charge in [0, 0.05) is 0 Å². The third-order valence-corrected chi connectivity index (χ3v) is 2.31. The van der Waals surface area contributed by atoms with Crippen molar-refractivity contribution in [1.29, 1.82) is 0 Å². The predicted octanol–water partition coefficient (Wildman–Crippen LogP) is 1.60. The van der Waals surface area contributed by atoms with Gasteiger partial charge in [0.1, 0.15) is 0 Å². The quantitative estimate of drug-likeness (QED) is 0.642. The van der Waals surface area contributed by atoms with Gasteiger partial charge in [0.25, 0.3) is 0 Å². The highest BCUT2D eigenvalue weighted by Crippen LogP contribution is 2.29. The van der Waals surface area contributed by atoms with Crippen molar-refractivity contribution in [2.24, 2.45) is 11.3 Å². The first-order chi connectivity index (χ1) is 5.80. The van der Waals surface area contributed by atoms with E-state index in [1.54, 1.807) is 0 Å². The molecule has 0 amide bonds. The molecule has 0 heterocycles. The number of carbonyl (C=O) groups is 2. The van der Waals surface area contributed by atoms with E-state index in [2.05, 4.69) is 0 Å². The molecule has 0 fully saturated rings. The fourth-order valence-corrected chi connectivity index (χ4v) is 0.977. The fourth-order valence-electron chi connectivity index (χ4n) is 0.977. The number of rotatable bonds is 5. The van der Waals surface area contributed by atoms with Gasteiger partial charge in [-0.1, -0.05) is 27.2 Å². The lowest BCUT2D eigenvalue weighted by atomic mass is 9.80. The molecule has 0 aromatic heterocycles. The molecule has 0 aromatic carbocycles. The lowest BCUT2D eigenvalue weighted by Crippen LogP contribution is -2.29. The predicted molar refractivity (Wildman–Crippen MR) is 47.5 cm³/mol. The van der Waals surface area contributed by atoms with Gasteiger partial charge in [0.15, 0.2) is 5.92 Å². The van der Waals surface area contributed by atoms with Crippen molar-refractivity contribution in [3.05, 3.63) is 0 Å². The second kappa shape index (κ2) is 4.25. The van der Waals surface area contributed by atoms with Crippen LogP contribution in [-0.2, 0) is 9.59 Å². The molecule has 0 saturated carbocycles.